The van der Waals surface area contributed by atoms with Crippen LogP contribution in [0, 0.1) is 5.92 Å². The van der Waals surface area contributed by atoms with E-state index in [-0.39, 0.29) is 11.9 Å². The molecule has 0 unspecified atom stereocenters. The van der Waals surface area contributed by atoms with E-state index in [9.17, 15) is 4.79 Å². The van der Waals surface area contributed by atoms with Crippen LogP contribution in [0.5, 0.6) is 0 Å². The van der Waals surface area contributed by atoms with Crippen LogP contribution in [0.2, 0.25) is 0 Å². The number of amides is 1. The lowest BCUT2D eigenvalue weighted by molar-refractivity contribution is -0.122. The molecular formula is C23H50N6O. The summed E-state index contributed by atoms with van der Waals surface area (Å²) in [6.45, 7) is 7.70. The average Bonchev–Trinajstić information content (AvgIpc) is 2.77. The van der Waals surface area contributed by atoms with Gasteiger partial charge in [0.1, 0.15) is 0 Å². The molecule has 7 nitrogen and oxygen atoms in total. The number of hydrogen-bond donors (Lipinski definition) is 6. The molecule has 1 saturated carbocycles. The van der Waals surface area contributed by atoms with Crippen molar-refractivity contribution in [2.45, 2.75) is 83.1 Å². The third-order valence-corrected chi connectivity index (χ3v) is 5.96. The van der Waals surface area contributed by atoms with Crippen LogP contribution in [0.1, 0.15) is 77.0 Å². The molecule has 0 aromatic heterocycles. The summed E-state index contributed by atoms with van der Waals surface area (Å²) in [4.78, 5) is 12.1. The van der Waals surface area contributed by atoms with Crippen LogP contribution in [0.4, 0.5) is 0 Å². The minimum atomic E-state index is -0.372. The molecule has 0 aromatic rings. The molecule has 8 N–H and O–H groups in total. The predicted molar refractivity (Wildman–Crippen MR) is 128 cm³/mol. The van der Waals surface area contributed by atoms with E-state index in [1.165, 1.54) is 44.9 Å². The fourth-order valence-electron chi connectivity index (χ4n) is 3.98. The maximum atomic E-state index is 12.1. The quantitative estimate of drug-likeness (QED) is 0.164. The molecule has 1 aliphatic carbocycles. The highest BCUT2D eigenvalue weighted by Gasteiger charge is 2.13. The Kier molecular flexibility index (Phi) is 18.4. The van der Waals surface area contributed by atoms with Crippen molar-refractivity contribution in [3.8, 4) is 0 Å². The van der Waals surface area contributed by atoms with Gasteiger partial charge in [-0.25, -0.2) is 0 Å². The molecule has 1 rings (SSSR count). The third kappa shape index (κ3) is 16.0. The van der Waals surface area contributed by atoms with Gasteiger partial charge in [0, 0.05) is 6.54 Å². The first-order valence-corrected chi connectivity index (χ1v) is 12.6. The summed E-state index contributed by atoms with van der Waals surface area (Å²) in [5.74, 6) is 0.874. The first kappa shape index (κ1) is 27.3. The van der Waals surface area contributed by atoms with E-state index in [4.69, 9.17) is 11.5 Å². The molecule has 1 fully saturated rings. The summed E-state index contributed by atoms with van der Waals surface area (Å²) in [5, 5.41) is 13.4. The van der Waals surface area contributed by atoms with Gasteiger partial charge in [-0.1, -0.05) is 25.7 Å². The van der Waals surface area contributed by atoms with Gasteiger partial charge in [-0.15, -0.1) is 0 Å². The summed E-state index contributed by atoms with van der Waals surface area (Å²) in [6, 6.07) is -0.372. The molecule has 7 heteroatoms. The van der Waals surface area contributed by atoms with Gasteiger partial charge in [-0.2, -0.15) is 0 Å². The number of hydrogen-bond acceptors (Lipinski definition) is 6. The van der Waals surface area contributed by atoms with Crippen molar-refractivity contribution < 1.29 is 4.79 Å². The van der Waals surface area contributed by atoms with E-state index in [0.717, 1.165) is 83.8 Å². The summed E-state index contributed by atoms with van der Waals surface area (Å²) >= 11 is 0. The average molecular weight is 427 g/mol. The van der Waals surface area contributed by atoms with Crippen LogP contribution in [0.25, 0.3) is 0 Å². The Labute approximate surface area is 185 Å². The van der Waals surface area contributed by atoms with Gasteiger partial charge in [-0.3, -0.25) is 4.79 Å². The van der Waals surface area contributed by atoms with Crippen molar-refractivity contribution >= 4 is 5.91 Å². The molecule has 0 aliphatic heterocycles. The Bertz CT molecular complexity index is 390. The first-order chi connectivity index (χ1) is 14.7. The van der Waals surface area contributed by atoms with Crippen molar-refractivity contribution in [1.29, 1.82) is 0 Å². The van der Waals surface area contributed by atoms with Crippen LogP contribution < -0.4 is 32.7 Å². The summed E-state index contributed by atoms with van der Waals surface area (Å²) in [6.07, 6.45) is 14.2. The second-order valence-corrected chi connectivity index (χ2v) is 8.80. The molecule has 1 amide bonds. The van der Waals surface area contributed by atoms with E-state index in [0.29, 0.717) is 6.54 Å². The fraction of sp³-hybridized carbons (Fsp3) is 0.957. The standard InChI is InChI=1S/C23H50N6O/c24-13-8-17-26-14-6-7-15-27-18-9-19-29-23(30)22(25)12-4-5-16-28-20-21-10-2-1-3-11-21/h21-22,26-28H,1-20,24-25H2,(H,29,30)/t22-/m0/s1. The van der Waals surface area contributed by atoms with Gasteiger partial charge in [0.25, 0.3) is 0 Å². The number of carbonyl (C=O) groups excluding carboxylic acids is 1. The molecule has 0 aromatic carbocycles. The third-order valence-electron chi connectivity index (χ3n) is 5.96. The molecule has 1 atom stereocenters. The van der Waals surface area contributed by atoms with Crippen molar-refractivity contribution in [3.63, 3.8) is 0 Å². The molecule has 178 valence electrons. The molecule has 30 heavy (non-hydrogen) atoms. The second kappa shape index (κ2) is 20.2. The maximum absolute atomic E-state index is 12.1. The first-order valence-electron chi connectivity index (χ1n) is 12.6. The molecule has 0 heterocycles. The van der Waals surface area contributed by atoms with Crippen LogP contribution in [0.3, 0.4) is 0 Å². The van der Waals surface area contributed by atoms with Gasteiger partial charge in [0.15, 0.2) is 0 Å². The van der Waals surface area contributed by atoms with Gasteiger partial charge in [-0.05, 0) is 103 Å². The molecule has 0 spiro atoms. The number of nitrogens with two attached hydrogens (primary N) is 2. The van der Waals surface area contributed by atoms with Gasteiger partial charge in [0.05, 0.1) is 6.04 Å². The Morgan fingerprint density at radius 2 is 1.37 bits per heavy atom. The zero-order chi connectivity index (χ0) is 21.7. The number of unbranched alkanes of at least 4 members (excludes halogenated alkanes) is 2. The largest absolute Gasteiger partial charge is 0.355 e. The smallest absolute Gasteiger partial charge is 0.236 e. The van der Waals surface area contributed by atoms with Crippen LogP contribution in [0.15, 0.2) is 0 Å². The Balaban J connectivity index is 1.81. The van der Waals surface area contributed by atoms with E-state index >= 15 is 0 Å². The normalized spacial score (nSPS) is 15.9. The van der Waals surface area contributed by atoms with Crippen LogP contribution in [-0.2, 0) is 4.79 Å². The van der Waals surface area contributed by atoms with E-state index in [1.54, 1.807) is 0 Å². The molecular weight excluding hydrogens is 376 g/mol. The SMILES string of the molecule is NCCCNCCCCNCCCNC(=O)[C@@H](N)CCCCNCC1CCCCC1. The predicted octanol–water partition coefficient (Wildman–Crippen LogP) is 1.47. The van der Waals surface area contributed by atoms with E-state index in [1.807, 2.05) is 0 Å². The van der Waals surface area contributed by atoms with Crippen molar-refractivity contribution in [1.82, 2.24) is 21.3 Å². The van der Waals surface area contributed by atoms with E-state index < -0.39 is 0 Å². The lowest BCUT2D eigenvalue weighted by atomic mass is 9.89. The van der Waals surface area contributed by atoms with Crippen LogP contribution >= 0.6 is 0 Å². The maximum Gasteiger partial charge on any atom is 0.236 e. The fourth-order valence-corrected chi connectivity index (χ4v) is 3.98. The molecule has 0 bridgehead atoms. The molecule has 0 saturated heterocycles. The number of rotatable bonds is 20. The highest BCUT2D eigenvalue weighted by atomic mass is 16.2. The van der Waals surface area contributed by atoms with Crippen molar-refractivity contribution in [2.24, 2.45) is 17.4 Å². The summed E-state index contributed by atoms with van der Waals surface area (Å²) in [7, 11) is 0. The number of carbonyl (C=O) groups is 1. The molecule has 1 aliphatic rings. The van der Waals surface area contributed by atoms with Gasteiger partial charge >= 0.3 is 0 Å². The zero-order valence-corrected chi connectivity index (χ0v) is 19.4. The zero-order valence-electron chi connectivity index (χ0n) is 19.4. The summed E-state index contributed by atoms with van der Waals surface area (Å²) in [5.41, 5.74) is 11.5. The minimum absolute atomic E-state index is 0.00582. The number of nitrogens with one attached hydrogen (secondary N) is 4. The van der Waals surface area contributed by atoms with Crippen molar-refractivity contribution in [3.05, 3.63) is 0 Å². The monoisotopic (exact) mass is 426 g/mol. The highest BCUT2D eigenvalue weighted by molar-refractivity contribution is 5.81. The Morgan fingerprint density at radius 3 is 2.07 bits per heavy atom. The summed E-state index contributed by atoms with van der Waals surface area (Å²) < 4.78 is 0. The Morgan fingerprint density at radius 1 is 0.767 bits per heavy atom. The van der Waals surface area contributed by atoms with Crippen LogP contribution in [-0.4, -0.2) is 64.3 Å². The lowest BCUT2D eigenvalue weighted by Crippen LogP contribution is -2.41. The van der Waals surface area contributed by atoms with Crippen molar-refractivity contribution in [2.75, 3.05) is 52.4 Å². The molecule has 0 radical (unpaired) electrons. The Hall–Kier alpha value is -0.730. The van der Waals surface area contributed by atoms with Gasteiger partial charge in [0.2, 0.25) is 5.91 Å². The van der Waals surface area contributed by atoms with E-state index in [2.05, 4.69) is 21.3 Å². The second-order valence-electron chi connectivity index (χ2n) is 8.80. The minimum Gasteiger partial charge on any atom is -0.355 e. The van der Waals surface area contributed by atoms with Gasteiger partial charge < -0.3 is 32.7 Å². The highest BCUT2D eigenvalue weighted by Crippen LogP contribution is 2.22. The lowest BCUT2D eigenvalue weighted by Gasteiger charge is -2.21. The topological polar surface area (TPSA) is 117 Å².